The second-order valence-electron chi connectivity index (χ2n) is 8.91. The SMILES string of the molecule is Cc1ccc(Cn2cccc2CN(CCc2ccc(Cl)cc2)C(=S)Nc2ccc(F)c(Cl)c2)c(C)c1. The number of anilines is 1. The zero-order valence-corrected chi connectivity index (χ0v) is 22.6. The van der Waals surface area contributed by atoms with E-state index in [2.05, 4.69) is 65.2 Å². The van der Waals surface area contributed by atoms with Crippen LogP contribution < -0.4 is 5.32 Å². The van der Waals surface area contributed by atoms with Crippen LogP contribution >= 0.6 is 35.4 Å². The fraction of sp³-hybridized carbons (Fsp3) is 0.207. The highest BCUT2D eigenvalue weighted by Gasteiger charge is 2.15. The first-order valence-corrected chi connectivity index (χ1v) is 12.9. The van der Waals surface area contributed by atoms with Crippen molar-refractivity contribution in [1.29, 1.82) is 0 Å². The minimum atomic E-state index is -0.461. The molecule has 4 rings (SSSR count). The Hall–Kier alpha value is -2.86. The van der Waals surface area contributed by atoms with Gasteiger partial charge in [0.15, 0.2) is 5.11 Å². The highest BCUT2D eigenvalue weighted by Crippen LogP contribution is 2.21. The van der Waals surface area contributed by atoms with Crippen molar-refractivity contribution in [2.75, 3.05) is 11.9 Å². The minimum absolute atomic E-state index is 0.0536. The molecule has 0 spiro atoms. The van der Waals surface area contributed by atoms with Crippen LogP contribution in [0, 0.1) is 19.7 Å². The van der Waals surface area contributed by atoms with E-state index in [1.54, 1.807) is 12.1 Å². The van der Waals surface area contributed by atoms with Crippen molar-refractivity contribution in [1.82, 2.24) is 9.47 Å². The molecule has 0 atom stereocenters. The largest absolute Gasteiger partial charge is 0.345 e. The maximum absolute atomic E-state index is 13.6. The van der Waals surface area contributed by atoms with Crippen molar-refractivity contribution in [2.24, 2.45) is 0 Å². The maximum atomic E-state index is 13.6. The maximum Gasteiger partial charge on any atom is 0.173 e. The third-order valence-electron chi connectivity index (χ3n) is 6.16. The summed E-state index contributed by atoms with van der Waals surface area (Å²) in [6.07, 6.45) is 2.89. The number of hydrogen-bond donors (Lipinski definition) is 1. The van der Waals surface area contributed by atoms with Crippen LogP contribution in [-0.4, -0.2) is 21.1 Å². The molecular weight excluding hydrogens is 512 g/mol. The third kappa shape index (κ3) is 6.88. The van der Waals surface area contributed by atoms with E-state index in [0.717, 1.165) is 18.7 Å². The van der Waals surface area contributed by atoms with Crippen molar-refractivity contribution in [3.8, 4) is 0 Å². The summed E-state index contributed by atoms with van der Waals surface area (Å²) in [5.74, 6) is -0.461. The van der Waals surface area contributed by atoms with Gasteiger partial charge < -0.3 is 14.8 Å². The molecule has 1 heterocycles. The lowest BCUT2D eigenvalue weighted by Gasteiger charge is -2.27. The molecule has 4 aromatic rings. The van der Waals surface area contributed by atoms with Gasteiger partial charge in [-0.3, -0.25) is 0 Å². The molecule has 0 saturated carbocycles. The summed E-state index contributed by atoms with van der Waals surface area (Å²) in [5.41, 5.74) is 6.78. The summed E-state index contributed by atoms with van der Waals surface area (Å²) in [4.78, 5) is 2.12. The van der Waals surface area contributed by atoms with E-state index < -0.39 is 5.82 Å². The molecule has 0 amide bonds. The lowest BCUT2D eigenvalue weighted by molar-refractivity contribution is 0.409. The van der Waals surface area contributed by atoms with Gasteiger partial charge in [0.25, 0.3) is 0 Å². The monoisotopic (exact) mass is 539 g/mol. The van der Waals surface area contributed by atoms with Gasteiger partial charge in [-0.05, 0) is 91.6 Å². The van der Waals surface area contributed by atoms with Crippen LogP contribution in [0.4, 0.5) is 10.1 Å². The number of rotatable bonds is 8. The summed E-state index contributed by atoms with van der Waals surface area (Å²) in [5, 5.41) is 4.54. The van der Waals surface area contributed by atoms with E-state index in [-0.39, 0.29) is 5.02 Å². The average Bonchev–Trinajstić information content (AvgIpc) is 3.28. The predicted octanol–water partition coefficient (Wildman–Crippen LogP) is 8.04. The number of hydrogen-bond acceptors (Lipinski definition) is 1. The first-order valence-electron chi connectivity index (χ1n) is 11.7. The van der Waals surface area contributed by atoms with Crippen molar-refractivity contribution >= 4 is 46.2 Å². The number of benzene rings is 3. The van der Waals surface area contributed by atoms with Crippen LogP contribution in [0.25, 0.3) is 0 Å². The van der Waals surface area contributed by atoms with Gasteiger partial charge in [-0.15, -0.1) is 0 Å². The highest BCUT2D eigenvalue weighted by atomic mass is 35.5. The molecule has 1 N–H and O–H groups in total. The molecule has 0 saturated heterocycles. The Balaban J connectivity index is 1.54. The Kier molecular flexibility index (Phi) is 8.68. The summed E-state index contributed by atoms with van der Waals surface area (Å²) < 4.78 is 15.9. The van der Waals surface area contributed by atoms with Crippen LogP contribution in [-0.2, 0) is 19.5 Å². The smallest absolute Gasteiger partial charge is 0.173 e. The Labute approximate surface area is 227 Å². The van der Waals surface area contributed by atoms with Gasteiger partial charge in [0.05, 0.1) is 11.6 Å². The second kappa shape index (κ2) is 11.9. The van der Waals surface area contributed by atoms with E-state index in [1.165, 1.54) is 28.3 Å². The first-order chi connectivity index (χ1) is 17.3. The number of nitrogens with one attached hydrogen (secondary N) is 1. The second-order valence-corrected chi connectivity index (χ2v) is 10.1. The number of aromatic nitrogens is 1. The van der Waals surface area contributed by atoms with Crippen LogP contribution in [0.2, 0.25) is 10.0 Å². The third-order valence-corrected chi connectivity index (χ3v) is 7.06. The topological polar surface area (TPSA) is 20.2 Å². The van der Waals surface area contributed by atoms with E-state index in [9.17, 15) is 4.39 Å². The van der Waals surface area contributed by atoms with Crippen LogP contribution in [0.3, 0.4) is 0 Å². The van der Waals surface area contributed by atoms with Crippen molar-refractivity contribution in [3.05, 3.63) is 123 Å². The van der Waals surface area contributed by atoms with Crippen molar-refractivity contribution in [3.63, 3.8) is 0 Å². The van der Waals surface area contributed by atoms with Gasteiger partial charge in [0, 0.05) is 35.7 Å². The summed E-state index contributed by atoms with van der Waals surface area (Å²) in [6.45, 7) is 6.35. The van der Waals surface area contributed by atoms with E-state index in [4.69, 9.17) is 35.4 Å². The molecule has 0 aliphatic rings. The molecule has 7 heteroatoms. The number of aryl methyl sites for hydroxylation is 2. The molecule has 186 valence electrons. The Morgan fingerprint density at radius 2 is 1.78 bits per heavy atom. The number of halogens is 3. The molecule has 0 aliphatic carbocycles. The lowest BCUT2D eigenvalue weighted by atomic mass is 10.1. The first kappa shape index (κ1) is 26.2. The molecule has 0 aliphatic heterocycles. The normalized spacial score (nSPS) is 10.9. The zero-order valence-electron chi connectivity index (χ0n) is 20.3. The predicted molar refractivity (Wildman–Crippen MR) is 153 cm³/mol. The van der Waals surface area contributed by atoms with Gasteiger partial charge in [0.2, 0.25) is 0 Å². The highest BCUT2D eigenvalue weighted by molar-refractivity contribution is 7.80. The standard InChI is InChI=1S/C29H28Cl2FN3S/c1-20-5-8-23(21(2)16-20)18-34-14-3-4-26(34)19-35(15-13-22-6-9-24(30)10-7-22)29(36)33-25-11-12-28(32)27(31)17-25/h3-12,14,16-17H,13,15,18-19H2,1-2H3,(H,33,36). The molecule has 36 heavy (non-hydrogen) atoms. The van der Waals surface area contributed by atoms with E-state index in [1.807, 2.05) is 24.3 Å². The molecule has 1 aromatic heterocycles. The fourth-order valence-corrected chi connectivity index (χ4v) is 4.67. The lowest BCUT2D eigenvalue weighted by Crippen LogP contribution is -2.36. The molecule has 0 fully saturated rings. The molecule has 0 bridgehead atoms. The van der Waals surface area contributed by atoms with E-state index in [0.29, 0.717) is 28.9 Å². The van der Waals surface area contributed by atoms with Crippen LogP contribution in [0.5, 0.6) is 0 Å². The summed E-state index contributed by atoms with van der Waals surface area (Å²) >= 11 is 17.8. The number of nitrogens with zero attached hydrogens (tertiary/aromatic N) is 2. The Morgan fingerprint density at radius 1 is 1.00 bits per heavy atom. The van der Waals surface area contributed by atoms with Gasteiger partial charge in [-0.2, -0.15) is 0 Å². The summed E-state index contributed by atoms with van der Waals surface area (Å²) in [7, 11) is 0. The number of thiocarbonyl (C=S) groups is 1. The molecule has 0 unspecified atom stereocenters. The van der Waals surface area contributed by atoms with Gasteiger partial charge in [0.1, 0.15) is 5.82 Å². The average molecular weight is 541 g/mol. The zero-order chi connectivity index (χ0) is 25.7. The quantitative estimate of drug-likeness (QED) is 0.229. The molecule has 0 radical (unpaired) electrons. The van der Waals surface area contributed by atoms with Gasteiger partial charge in [-0.1, -0.05) is 59.1 Å². The minimum Gasteiger partial charge on any atom is -0.345 e. The molecular formula is C29H28Cl2FN3S. The van der Waals surface area contributed by atoms with Crippen LogP contribution in [0.1, 0.15) is 27.9 Å². The molecule has 3 aromatic carbocycles. The molecule has 3 nitrogen and oxygen atoms in total. The van der Waals surface area contributed by atoms with E-state index >= 15 is 0 Å². The van der Waals surface area contributed by atoms with Crippen LogP contribution in [0.15, 0.2) is 79.0 Å². The van der Waals surface area contributed by atoms with Gasteiger partial charge >= 0.3 is 0 Å². The van der Waals surface area contributed by atoms with Gasteiger partial charge in [-0.25, -0.2) is 4.39 Å². The van der Waals surface area contributed by atoms with Crippen molar-refractivity contribution in [2.45, 2.75) is 33.4 Å². The fourth-order valence-electron chi connectivity index (χ4n) is 4.09. The Morgan fingerprint density at radius 3 is 2.50 bits per heavy atom. The Bertz CT molecular complexity index is 1350. The van der Waals surface area contributed by atoms with Crippen molar-refractivity contribution < 1.29 is 4.39 Å². The summed E-state index contributed by atoms with van der Waals surface area (Å²) in [6, 6.07) is 23.1.